The standard InChI is InChI=1S/C27H25FN4O3/c1-16(2)27(34)35-25-22(33)14-30-32-21(15-31-13-12-29-26(31)24(25)32)23(18-6-4-17(3)5-7-18)19-8-10-20(28)11-9-19/h4-14,16,21,23H,15H2,1-3H3/t21-,23?/m1/s1. The van der Waals surface area contributed by atoms with E-state index < -0.39 is 17.3 Å². The highest BCUT2D eigenvalue weighted by atomic mass is 19.1. The van der Waals surface area contributed by atoms with Crippen molar-refractivity contribution in [1.82, 2.24) is 19.3 Å². The third-order valence-corrected chi connectivity index (χ3v) is 6.32. The van der Waals surface area contributed by atoms with Gasteiger partial charge in [-0.15, -0.1) is 0 Å². The van der Waals surface area contributed by atoms with Crippen molar-refractivity contribution in [3.05, 3.63) is 99.9 Å². The van der Waals surface area contributed by atoms with Gasteiger partial charge in [-0.05, 0) is 30.2 Å². The second-order valence-corrected chi connectivity index (χ2v) is 9.12. The van der Waals surface area contributed by atoms with Gasteiger partial charge in [0.25, 0.3) is 0 Å². The van der Waals surface area contributed by atoms with Crippen LogP contribution in [0.15, 0.2) is 71.9 Å². The highest BCUT2D eigenvalue weighted by Gasteiger charge is 2.36. The number of fused-ring (bicyclic) bond motifs is 3. The zero-order chi connectivity index (χ0) is 24.7. The Morgan fingerprint density at radius 2 is 1.74 bits per heavy atom. The van der Waals surface area contributed by atoms with E-state index in [1.54, 1.807) is 36.9 Å². The van der Waals surface area contributed by atoms with Crippen molar-refractivity contribution in [3.8, 4) is 17.3 Å². The van der Waals surface area contributed by atoms with Crippen LogP contribution in [0.3, 0.4) is 0 Å². The van der Waals surface area contributed by atoms with E-state index in [2.05, 4.69) is 22.2 Å². The molecule has 1 aliphatic heterocycles. The van der Waals surface area contributed by atoms with E-state index >= 15 is 0 Å². The number of imidazole rings is 1. The van der Waals surface area contributed by atoms with E-state index in [0.717, 1.165) is 16.7 Å². The lowest BCUT2D eigenvalue weighted by Gasteiger charge is -2.35. The van der Waals surface area contributed by atoms with Gasteiger partial charge in [-0.2, -0.15) is 5.10 Å². The molecule has 5 rings (SSSR count). The van der Waals surface area contributed by atoms with Crippen molar-refractivity contribution in [3.63, 3.8) is 0 Å². The first-order chi connectivity index (χ1) is 16.8. The quantitative estimate of drug-likeness (QED) is 0.400. The van der Waals surface area contributed by atoms with Gasteiger partial charge in [0, 0.05) is 24.9 Å². The van der Waals surface area contributed by atoms with Crippen LogP contribution in [0, 0.1) is 18.7 Å². The molecule has 0 saturated heterocycles. The number of hydrogen-bond acceptors (Lipinski definition) is 5. The molecule has 4 aromatic rings. The van der Waals surface area contributed by atoms with E-state index in [1.807, 2.05) is 29.8 Å². The Morgan fingerprint density at radius 1 is 1.09 bits per heavy atom. The van der Waals surface area contributed by atoms with Crippen molar-refractivity contribution >= 4 is 5.97 Å². The largest absolute Gasteiger partial charge is 0.420 e. The molecule has 0 amide bonds. The van der Waals surface area contributed by atoms with E-state index in [9.17, 15) is 14.0 Å². The number of halogens is 1. The molecule has 0 bridgehead atoms. The lowest BCUT2D eigenvalue weighted by atomic mass is 9.83. The summed E-state index contributed by atoms with van der Waals surface area (Å²) in [6.07, 6.45) is 4.65. The fourth-order valence-electron chi connectivity index (χ4n) is 4.50. The first-order valence-corrected chi connectivity index (χ1v) is 11.5. The minimum absolute atomic E-state index is 0.0855. The normalized spacial score (nSPS) is 15.4. The van der Waals surface area contributed by atoms with Gasteiger partial charge in [0.2, 0.25) is 11.2 Å². The molecule has 0 fully saturated rings. The van der Waals surface area contributed by atoms with Gasteiger partial charge >= 0.3 is 5.97 Å². The van der Waals surface area contributed by atoms with E-state index in [-0.39, 0.29) is 23.5 Å². The summed E-state index contributed by atoms with van der Waals surface area (Å²) >= 11 is 0. The van der Waals surface area contributed by atoms with Crippen molar-refractivity contribution in [2.45, 2.75) is 39.3 Å². The number of benzene rings is 2. The van der Waals surface area contributed by atoms with Crippen LogP contribution in [-0.2, 0) is 11.3 Å². The summed E-state index contributed by atoms with van der Waals surface area (Å²) in [6, 6.07) is 14.3. The molecule has 2 aromatic heterocycles. The maximum absolute atomic E-state index is 13.8. The second-order valence-electron chi connectivity index (χ2n) is 9.12. The number of aromatic nitrogens is 4. The average molecular weight is 473 g/mol. The Morgan fingerprint density at radius 3 is 2.40 bits per heavy atom. The molecular formula is C27H25FN4O3. The van der Waals surface area contributed by atoms with Crippen LogP contribution in [0.4, 0.5) is 4.39 Å². The summed E-state index contributed by atoms with van der Waals surface area (Å²) in [4.78, 5) is 29.7. The highest BCUT2D eigenvalue weighted by molar-refractivity contribution is 5.76. The van der Waals surface area contributed by atoms with E-state index in [0.29, 0.717) is 18.1 Å². The molecule has 35 heavy (non-hydrogen) atoms. The maximum Gasteiger partial charge on any atom is 0.313 e. The molecular weight excluding hydrogens is 447 g/mol. The van der Waals surface area contributed by atoms with Crippen LogP contribution < -0.4 is 10.2 Å². The van der Waals surface area contributed by atoms with Gasteiger partial charge in [0.05, 0.1) is 18.2 Å². The zero-order valence-corrected chi connectivity index (χ0v) is 19.7. The number of nitrogens with zero attached hydrogens (tertiary/aromatic N) is 4. The molecule has 2 aromatic carbocycles. The summed E-state index contributed by atoms with van der Waals surface area (Å²) < 4.78 is 23.1. The highest BCUT2D eigenvalue weighted by Crippen LogP contribution is 2.42. The number of aryl methyl sites for hydroxylation is 1. The van der Waals surface area contributed by atoms with Crippen LogP contribution >= 0.6 is 0 Å². The van der Waals surface area contributed by atoms with Crippen molar-refractivity contribution in [2.75, 3.05) is 0 Å². The monoisotopic (exact) mass is 472 g/mol. The molecule has 7 nitrogen and oxygen atoms in total. The van der Waals surface area contributed by atoms with Gasteiger partial charge in [-0.3, -0.25) is 14.3 Å². The average Bonchev–Trinajstić information content (AvgIpc) is 3.31. The Kier molecular flexibility index (Phi) is 5.80. The third kappa shape index (κ3) is 4.16. The molecule has 0 radical (unpaired) electrons. The van der Waals surface area contributed by atoms with Gasteiger partial charge in [0.1, 0.15) is 11.5 Å². The maximum atomic E-state index is 13.8. The molecule has 3 heterocycles. The number of carbonyl (C=O) groups is 1. The molecule has 0 spiro atoms. The van der Waals surface area contributed by atoms with Crippen LogP contribution in [0.2, 0.25) is 0 Å². The minimum Gasteiger partial charge on any atom is -0.420 e. The second kappa shape index (κ2) is 8.94. The fraction of sp³-hybridized carbons (Fsp3) is 0.259. The third-order valence-electron chi connectivity index (χ3n) is 6.32. The Hall–Kier alpha value is -4.07. The molecule has 0 saturated carbocycles. The zero-order valence-electron chi connectivity index (χ0n) is 19.7. The number of esters is 1. The Bertz CT molecular complexity index is 1390. The molecule has 0 aliphatic carbocycles. The van der Waals surface area contributed by atoms with Crippen molar-refractivity contribution in [1.29, 1.82) is 0 Å². The molecule has 1 aliphatic rings. The molecule has 0 N–H and O–H groups in total. The summed E-state index contributed by atoms with van der Waals surface area (Å²) in [6.45, 7) is 5.94. The predicted molar refractivity (Wildman–Crippen MR) is 129 cm³/mol. The Balaban J connectivity index is 1.73. The van der Waals surface area contributed by atoms with Crippen LogP contribution in [-0.4, -0.2) is 25.3 Å². The van der Waals surface area contributed by atoms with E-state index in [1.165, 1.54) is 18.3 Å². The topological polar surface area (TPSA) is 79.0 Å². The van der Waals surface area contributed by atoms with E-state index in [4.69, 9.17) is 4.74 Å². The lowest BCUT2D eigenvalue weighted by molar-refractivity contribution is -0.137. The summed E-state index contributed by atoms with van der Waals surface area (Å²) in [5, 5.41) is 4.48. The number of hydrogen-bond donors (Lipinski definition) is 0. The van der Waals surface area contributed by atoms with Gasteiger partial charge in [-0.1, -0.05) is 55.8 Å². The fourth-order valence-corrected chi connectivity index (χ4v) is 4.50. The summed E-state index contributed by atoms with van der Waals surface area (Å²) in [7, 11) is 0. The number of rotatable bonds is 5. The molecule has 1 unspecified atom stereocenters. The first-order valence-electron chi connectivity index (χ1n) is 11.5. The van der Waals surface area contributed by atoms with Crippen LogP contribution in [0.5, 0.6) is 5.75 Å². The minimum atomic E-state index is -0.509. The SMILES string of the molecule is Cc1ccc(C(c2ccc(F)cc2)[C@H]2Cn3ccnc3-c3c(OC(=O)C(C)C)c(=O)cnn32)cc1. The lowest BCUT2D eigenvalue weighted by Crippen LogP contribution is -2.33. The van der Waals surface area contributed by atoms with Gasteiger partial charge < -0.3 is 9.30 Å². The van der Waals surface area contributed by atoms with Gasteiger partial charge in [-0.25, -0.2) is 9.37 Å². The number of carbonyl (C=O) groups excluding carboxylic acids is 1. The smallest absolute Gasteiger partial charge is 0.313 e. The summed E-state index contributed by atoms with van der Waals surface area (Å²) in [5.41, 5.74) is 2.90. The molecule has 178 valence electrons. The van der Waals surface area contributed by atoms with Crippen molar-refractivity contribution < 1.29 is 13.9 Å². The van der Waals surface area contributed by atoms with Crippen LogP contribution in [0.25, 0.3) is 11.5 Å². The number of ether oxygens (including phenoxy) is 1. The van der Waals surface area contributed by atoms with Crippen LogP contribution in [0.1, 0.15) is 42.5 Å². The van der Waals surface area contributed by atoms with Crippen molar-refractivity contribution in [2.24, 2.45) is 5.92 Å². The van der Waals surface area contributed by atoms with Gasteiger partial charge in [0.15, 0.2) is 5.82 Å². The predicted octanol–water partition coefficient (Wildman–Crippen LogP) is 4.50. The molecule has 2 atom stereocenters. The first kappa shape index (κ1) is 22.7. The Labute approximate surface area is 201 Å². The summed E-state index contributed by atoms with van der Waals surface area (Å²) in [5.74, 6) is -1.06. The molecule has 8 heteroatoms.